The summed E-state index contributed by atoms with van der Waals surface area (Å²) in [6, 6.07) is 3.56. The smallest absolute Gasteiger partial charge is 0.341 e. The highest BCUT2D eigenvalue weighted by Gasteiger charge is 2.20. The maximum absolute atomic E-state index is 13.3. The van der Waals surface area contributed by atoms with Crippen LogP contribution in [-0.2, 0) is 4.79 Å². The van der Waals surface area contributed by atoms with Crippen molar-refractivity contribution in [2.45, 2.75) is 6.92 Å². The van der Waals surface area contributed by atoms with Crippen molar-refractivity contribution < 1.29 is 19.1 Å². The van der Waals surface area contributed by atoms with Gasteiger partial charge in [0.05, 0.1) is 16.9 Å². The minimum atomic E-state index is -1.27. The van der Waals surface area contributed by atoms with Crippen LogP contribution in [0.1, 0.15) is 17.3 Å². The van der Waals surface area contributed by atoms with E-state index in [1.54, 1.807) is 0 Å². The van der Waals surface area contributed by atoms with Crippen molar-refractivity contribution >= 4 is 29.3 Å². The molecule has 0 spiro atoms. The minimum Gasteiger partial charge on any atom is -0.477 e. The van der Waals surface area contributed by atoms with E-state index in [1.165, 1.54) is 13.0 Å². The van der Waals surface area contributed by atoms with Crippen LogP contribution in [0.2, 0.25) is 5.02 Å². The van der Waals surface area contributed by atoms with Gasteiger partial charge in [0.15, 0.2) is 5.82 Å². The third-order valence-corrected chi connectivity index (χ3v) is 2.75. The highest BCUT2D eigenvalue weighted by molar-refractivity contribution is 6.32. The van der Waals surface area contributed by atoms with E-state index in [1.807, 2.05) is 0 Å². The fraction of sp³-hybridized carbons (Fsp3) is 0.0833. The lowest BCUT2D eigenvalue weighted by Crippen LogP contribution is -2.14. The van der Waals surface area contributed by atoms with Crippen molar-refractivity contribution in [3.05, 3.63) is 40.8 Å². The molecule has 2 N–H and O–H groups in total. The van der Waals surface area contributed by atoms with Crippen LogP contribution >= 0.6 is 11.6 Å². The Hall–Kier alpha value is -2.41. The second-order valence-corrected chi connectivity index (χ2v) is 4.31. The van der Waals surface area contributed by atoms with Gasteiger partial charge in [0, 0.05) is 13.0 Å². The van der Waals surface area contributed by atoms with Crippen molar-refractivity contribution in [2.24, 2.45) is 0 Å². The Bertz CT molecular complexity index is 699. The van der Waals surface area contributed by atoms with Crippen LogP contribution in [-0.4, -0.2) is 26.8 Å². The molecule has 0 unspecified atom stereocenters. The zero-order valence-corrected chi connectivity index (χ0v) is 11.0. The average molecular weight is 298 g/mol. The highest BCUT2D eigenvalue weighted by atomic mass is 35.5. The van der Waals surface area contributed by atoms with E-state index < -0.39 is 17.7 Å². The molecule has 104 valence electrons. The summed E-state index contributed by atoms with van der Waals surface area (Å²) in [6.07, 6.45) is 1.05. The molecular weight excluding hydrogens is 289 g/mol. The van der Waals surface area contributed by atoms with Crippen molar-refractivity contribution in [1.82, 2.24) is 9.78 Å². The number of benzene rings is 1. The van der Waals surface area contributed by atoms with Gasteiger partial charge in [-0.1, -0.05) is 11.6 Å². The molecule has 1 amide bonds. The predicted molar refractivity (Wildman–Crippen MR) is 69.8 cm³/mol. The fourth-order valence-corrected chi connectivity index (χ4v) is 1.82. The first-order valence-electron chi connectivity index (χ1n) is 5.44. The zero-order valence-electron chi connectivity index (χ0n) is 10.2. The number of aromatic nitrogens is 2. The molecule has 8 heteroatoms. The number of carboxylic acid groups (broad SMARTS) is 1. The van der Waals surface area contributed by atoms with Crippen LogP contribution in [0.4, 0.5) is 10.2 Å². The van der Waals surface area contributed by atoms with Crippen molar-refractivity contribution in [1.29, 1.82) is 0 Å². The number of nitrogens with zero attached hydrogens (tertiary/aromatic N) is 2. The lowest BCUT2D eigenvalue weighted by Gasteiger charge is -2.10. The number of rotatable bonds is 3. The summed E-state index contributed by atoms with van der Waals surface area (Å²) < 4.78 is 14.4. The number of amides is 1. The van der Waals surface area contributed by atoms with Gasteiger partial charge in [0.25, 0.3) is 0 Å². The van der Waals surface area contributed by atoms with Gasteiger partial charge < -0.3 is 10.4 Å². The third-order valence-electron chi connectivity index (χ3n) is 2.43. The first-order valence-corrected chi connectivity index (χ1v) is 5.82. The standard InChI is InChI=1S/C12H9ClFN3O3/c1-6(18)16-11-8(12(19)20)5-15-17(11)10-4-7(14)2-3-9(10)13/h2-5H,1H3,(H,16,18)(H,19,20). The summed E-state index contributed by atoms with van der Waals surface area (Å²) in [6.45, 7) is 1.22. The van der Waals surface area contributed by atoms with Crippen LogP contribution < -0.4 is 5.32 Å². The molecule has 1 aromatic heterocycles. The van der Waals surface area contributed by atoms with E-state index in [4.69, 9.17) is 16.7 Å². The molecule has 0 radical (unpaired) electrons. The number of anilines is 1. The first kappa shape index (κ1) is 14.0. The van der Waals surface area contributed by atoms with Crippen molar-refractivity contribution in [2.75, 3.05) is 5.32 Å². The predicted octanol–water partition coefficient (Wildman–Crippen LogP) is 2.32. The maximum atomic E-state index is 13.3. The normalized spacial score (nSPS) is 10.3. The van der Waals surface area contributed by atoms with E-state index in [-0.39, 0.29) is 22.1 Å². The Morgan fingerprint density at radius 3 is 2.75 bits per heavy atom. The Morgan fingerprint density at radius 2 is 2.15 bits per heavy atom. The molecule has 6 nitrogen and oxygen atoms in total. The lowest BCUT2D eigenvalue weighted by atomic mass is 10.3. The van der Waals surface area contributed by atoms with E-state index in [9.17, 15) is 14.0 Å². The fourth-order valence-electron chi connectivity index (χ4n) is 1.62. The Kier molecular flexibility index (Phi) is 3.71. The molecule has 0 bridgehead atoms. The summed E-state index contributed by atoms with van der Waals surface area (Å²) in [5, 5.41) is 15.4. The maximum Gasteiger partial charge on any atom is 0.341 e. The molecule has 2 rings (SSSR count). The highest BCUT2D eigenvalue weighted by Crippen LogP contribution is 2.26. The topological polar surface area (TPSA) is 84.2 Å². The molecule has 0 atom stereocenters. The molecule has 0 saturated heterocycles. The Morgan fingerprint density at radius 1 is 1.45 bits per heavy atom. The SMILES string of the molecule is CC(=O)Nc1c(C(=O)O)cnn1-c1cc(F)ccc1Cl. The van der Waals surface area contributed by atoms with Gasteiger partial charge in [0.2, 0.25) is 5.91 Å². The van der Waals surface area contributed by atoms with E-state index in [0.717, 1.165) is 23.0 Å². The monoisotopic (exact) mass is 297 g/mol. The summed E-state index contributed by atoms with van der Waals surface area (Å²) in [5.74, 6) is -2.41. The average Bonchev–Trinajstić information content (AvgIpc) is 2.75. The molecule has 0 fully saturated rings. The van der Waals surface area contributed by atoms with Crippen LogP contribution in [0.5, 0.6) is 0 Å². The number of nitrogens with one attached hydrogen (secondary N) is 1. The first-order chi connectivity index (χ1) is 9.40. The van der Waals surface area contributed by atoms with Gasteiger partial charge in [0.1, 0.15) is 11.4 Å². The van der Waals surface area contributed by atoms with Gasteiger partial charge in [-0.05, 0) is 12.1 Å². The number of carbonyl (C=O) groups is 2. The molecule has 2 aromatic rings. The number of carboxylic acids is 1. The van der Waals surface area contributed by atoms with Gasteiger partial charge >= 0.3 is 5.97 Å². The van der Waals surface area contributed by atoms with Gasteiger partial charge in [-0.25, -0.2) is 13.9 Å². The van der Waals surface area contributed by atoms with Crippen LogP contribution in [0.25, 0.3) is 5.69 Å². The number of aromatic carboxylic acids is 1. The van der Waals surface area contributed by atoms with E-state index in [0.29, 0.717) is 0 Å². The van der Waals surface area contributed by atoms with Gasteiger partial charge in [-0.2, -0.15) is 5.10 Å². The molecule has 1 aromatic carbocycles. The van der Waals surface area contributed by atoms with Crippen LogP contribution in [0.3, 0.4) is 0 Å². The third kappa shape index (κ3) is 2.62. The molecule has 20 heavy (non-hydrogen) atoms. The van der Waals surface area contributed by atoms with Gasteiger partial charge in [-0.15, -0.1) is 0 Å². The van der Waals surface area contributed by atoms with Crippen molar-refractivity contribution in [3.8, 4) is 5.69 Å². The van der Waals surface area contributed by atoms with E-state index in [2.05, 4.69) is 10.4 Å². The number of hydrogen-bond donors (Lipinski definition) is 2. The quantitative estimate of drug-likeness (QED) is 0.910. The molecule has 0 aliphatic heterocycles. The lowest BCUT2D eigenvalue weighted by molar-refractivity contribution is -0.114. The Balaban J connectivity index is 2.64. The van der Waals surface area contributed by atoms with Crippen molar-refractivity contribution in [3.63, 3.8) is 0 Å². The van der Waals surface area contributed by atoms with Crippen LogP contribution in [0, 0.1) is 5.82 Å². The van der Waals surface area contributed by atoms with Crippen LogP contribution in [0.15, 0.2) is 24.4 Å². The number of halogens is 2. The summed E-state index contributed by atoms with van der Waals surface area (Å²) in [4.78, 5) is 22.3. The summed E-state index contributed by atoms with van der Waals surface area (Å²) in [7, 11) is 0. The zero-order chi connectivity index (χ0) is 14.9. The van der Waals surface area contributed by atoms with Gasteiger partial charge in [-0.3, -0.25) is 4.79 Å². The second kappa shape index (κ2) is 5.30. The second-order valence-electron chi connectivity index (χ2n) is 3.90. The number of carbonyl (C=O) groups excluding carboxylic acids is 1. The number of hydrogen-bond acceptors (Lipinski definition) is 3. The Labute approximate surface area is 117 Å². The summed E-state index contributed by atoms with van der Waals surface area (Å²) in [5.41, 5.74) is -0.0940. The largest absolute Gasteiger partial charge is 0.477 e. The van der Waals surface area contributed by atoms with E-state index >= 15 is 0 Å². The minimum absolute atomic E-state index is 0.0856. The molecule has 1 heterocycles. The molecule has 0 aliphatic rings. The molecular formula is C12H9ClFN3O3. The summed E-state index contributed by atoms with van der Waals surface area (Å²) >= 11 is 5.94. The molecule has 0 aliphatic carbocycles. The molecule has 0 saturated carbocycles.